The maximum Gasteiger partial charge on any atom is 0.238 e. The van der Waals surface area contributed by atoms with Crippen LogP contribution in [0.4, 0.5) is 0 Å². The lowest BCUT2D eigenvalue weighted by molar-refractivity contribution is 0.954. The molecule has 0 unspecified atom stereocenters. The summed E-state index contributed by atoms with van der Waals surface area (Å²) in [5.74, 6) is 1.77. The van der Waals surface area contributed by atoms with Gasteiger partial charge in [-0.15, -0.1) is 0 Å². The number of aromatic nitrogens is 6. The van der Waals surface area contributed by atoms with Gasteiger partial charge in [-0.1, -0.05) is 176 Å². The van der Waals surface area contributed by atoms with Gasteiger partial charge in [-0.2, -0.15) is 9.97 Å². The Labute approximate surface area is 395 Å². The molecule has 0 saturated carbocycles. The summed E-state index contributed by atoms with van der Waals surface area (Å²) >= 11 is 0. The summed E-state index contributed by atoms with van der Waals surface area (Å²) in [4.78, 5) is 16.2. The Balaban J connectivity index is 1.03. The predicted molar refractivity (Wildman–Crippen MR) is 286 cm³/mol. The first-order valence-electron chi connectivity index (χ1n) is 23.5. The van der Waals surface area contributed by atoms with Crippen LogP contribution >= 0.6 is 0 Å². The van der Waals surface area contributed by atoms with Gasteiger partial charge in [0, 0.05) is 54.8 Å². The molecule has 15 rings (SSSR count). The molecule has 0 spiro atoms. The van der Waals surface area contributed by atoms with Crippen LogP contribution in [0.5, 0.6) is 0 Å². The summed E-state index contributed by atoms with van der Waals surface area (Å²) in [7, 11) is 0. The minimum Gasteiger partial charge on any atom is -0.309 e. The molecule has 0 aliphatic carbocycles. The molecule has 0 bridgehead atoms. The van der Waals surface area contributed by atoms with Gasteiger partial charge in [-0.25, -0.2) is 4.98 Å². The quantitative estimate of drug-likeness (QED) is 0.162. The third kappa shape index (κ3) is 5.45. The second kappa shape index (κ2) is 14.6. The van der Waals surface area contributed by atoms with Crippen LogP contribution in [0.25, 0.3) is 138 Å². The number of rotatable bonds is 5. The molecule has 11 aromatic carbocycles. The highest BCUT2D eigenvalue weighted by atomic mass is 15.2. The van der Waals surface area contributed by atoms with E-state index in [0.717, 1.165) is 77.1 Å². The molecule has 4 heterocycles. The van der Waals surface area contributed by atoms with Gasteiger partial charge in [0.15, 0.2) is 11.6 Å². The second-order valence-electron chi connectivity index (χ2n) is 17.9. The summed E-state index contributed by atoms with van der Waals surface area (Å²) in [5, 5.41) is 14.4. The van der Waals surface area contributed by atoms with Crippen molar-refractivity contribution in [3.05, 3.63) is 231 Å². The van der Waals surface area contributed by atoms with Crippen molar-refractivity contribution < 1.29 is 0 Å². The summed E-state index contributed by atoms with van der Waals surface area (Å²) in [6, 6.07) is 82.6. The monoisotopic (exact) mass is 878 g/mol. The van der Waals surface area contributed by atoms with Crippen LogP contribution < -0.4 is 0 Å². The summed E-state index contributed by atoms with van der Waals surface area (Å²) in [6.07, 6.45) is 0. The van der Waals surface area contributed by atoms with Crippen LogP contribution in [0, 0.1) is 0 Å². The second-order valence-corrected chi connectivity index (χ2v) is 17.9. The van der Waals surface area contributed by atoms with Crippen molar-refractivity contribution >= 4 is 97.7 Å². The van der Waals surface area contributed by atoms with E-state index in [1.807, 2.05) is 18.2 Å². The van der Waals surface area contributed by atoms with Gasteiger partial charge in [0.05, 0.1) is 33.1 Å². The zero-order chi connectivity index (χ0) is 45.2. The molecule has 0 amide bonds. The van der Waals surface area contributed by atoms with E-state index in [9.17, 15) is 0 Å². The predicted octanol–water partition coefficient (Wildman–Crippen LogP) is 16.0. The van der Waals surface area contributed by atoms with Gasteiger partial charge in [-0.05, 0) is 86.9 Å². The Bertz CT molecular complexity index is 4560. The number of para-hydroxylation sites is 4. The van der Waals surface area contributed by atoms with Crippen LogP contribution in [-0.2, 0) is 0 Å². The molecule has 320 valence electrons. The molecule has 0 fully saturated rings. The van der Waals surface area contributed by atoms with Gasteiger partial charge in [0.1, 0.15) is 0 Å². The first-order chi connectivity index (χ1) is 34.3. The van der Waals surface area contributed by atoms with Crippen LogP contribution in [0.3, 0.4) is 0 Å². The van der Waals surface area contributed by atoms with Crippen molar-refractivity contribution in [1.29, 1.82) is 0 Å². The molecule has 0 N–H and O–H groups in total. The SMILES string of the molecule is c1ccc(-c2nc(-c3cccc4c3c3ccccc3n4-c3ccccc3)nc(-n3c4ccccc4c4c3ccc3c5ccccc5n(-c5ccc6c7ccccc7c7ccccc7c6c5)c34)n2)cc1. The van der Waals surface area contributed by atoms with Gasteiger partial charge in [-0.3, -0.25) is 4.57 Å². The van der Waals surface area contributed by atoms with Crippen LogP contribution in [0.2, 0.25) is 0 Å². The molecule has 0 radical (unpaired) electrons. The first-order valence-corrected chi connectivity index (χ1v) is 23.5. The Kier molecular flexibility index (Phi) is 7.97. The van der Waals surface area contributed by atoms with E-state index in [1.54, 1.807) is 0 Å². The number of hydrogen-bond acceptors (Lipinski definition) is 3. The van der Waals surface area contributed by atoms with Gasteiger partial charge in [0.2, 0.25) is 5.95 Å². The molecule has 0 aliphatic rings. The van der Waals surface area contributed by atoms with E-state index in [0.29, 0.717) is 17.6 Å². The molecule has 69 heavy (non-hydrogen) atoms. The zero-order valence-corrected chi connectivity index (χ0v) is 37.1. The Hall–Kier alpha value is -9.39. The fraction of sp³-hybridized carbons (Fsp3) is 0. The van der Waals surface area contributed by atoms with Crippen LogP contribution in [0.15, 0.2) is 231 Å². The first kappa shape index (κ1) is 37.8. The van der Waals surface area contributed by atoms with E-state index in [1.165, 1.54) is 43.1 Å². The fourth-order valence-corrected chi connectivity index (χ4v) is 11.4. The van der Waals surface area contributed by atoms with Crippen molar-refractivity contribution in [2.45, 2.75) is 0 Å². The molecular weight excluding hydrogens is 841 g/mol. The summed E-state index contributed by atoms with van der Waals surface area (Å²) < 4.78 is 7.06. The molecule has 4 aromatic heterocycles. The van der Waals surface area contributed by atoms with E-state index in [4.69, 9.17) is 15.0 Å². The van der Waals surface area contributed by atoms with Gasteiger partial charge in [0.25, 0.3) is 0 Å². The van der Waals surface area contributed by atoms with Crippen molar-refractivity contribution in [1.82, 2.24) is 28.7 Å². The maximum atomic E-state index is 5.53. The van der Waals surface area contributed by atoms with Crippen molar-refractivity contribution in [3.8, 4) is 40.1 Å². The number of fused-ring (bicyclic) bond motifs is 16. The molecular formula is C63H38N6. The lowest BCUT2D eigenvalue weighted by atomic mass is 9.94. The minimum atomic E-state index is 0.555. The van der Waals surface area contributed by atoms with Gasteiger partial charge >= 0.3 is 0 Å². The summed E-state index contributed by atoms with van der Waals surface area (Å²) in [5.41, 5.74) is 10.6. The molecule has 0 saturated heterocycles. The number of benzene rings is 11. The molecule has 15 aromatic rings. The summed E-state index contributed by atoms with van der Waals surface area (Å²) in [6.45, 7) is 0. The highest BCUT2D eigenvalue weighted by molar-refractivity contribution is 6.28. The average molecular weight is 879 g/mol. The van der Waals surface area contributed by atoms with E-state index < -0.39 is 0 Å². The average Bonchev–Trinajstić information content (AvgIpc) is 4.07. The third-order valence-electron chi connectivity index (χ3n) is 14.3. The normalized spacial score (nSPS) is 12.1. The Morgan fingerprint density at radius 2 is 0.754 bits per heavy atom. The highest BCUT2D eigenvalue weighted by Crippen LogP contribution is 2.44. The fourth-order valence-electron chi connectivity index (χ4n) is 11.4. The molecule has 6 nitrogen and oxygen atoms in total. The van der Waals surface area contributed by atoms with Gasteiger partial charge < -0.3 is 9.13 Å². The van der Waals surface area contributed by atoms with Crippen molar-refractivity contribution in [3.63, 3.8) is 0 Å². The van der Waals surface area contributed by atoms with Crippen molar-refractivity contribution in [2.24, 2.45) is 0 Å². The number of hydrogen-bond donors (Lipinski definition) is 0. The Morgan fingerprint density at radius 3 is 1.45 bits per heavy atom. The largest absolute Gasteiger partial charge is 0.309 e. The Morgan fingerprint density at radius 1 is 0.261 bits per heavy atom. The van der Waals surface area contributed by atoms with E-state index in [2.05, 4.69) is 226 Å². The van der Waals surface area contributed by atoms with Crippen LogP contribution in [-0.4, -0.2) is 28.7 Å². The zero-order valence-electron chi connectivity index (χ0n) is 37.1. The van der Waals surface area contributed by atoms with Crippen molar-refractivity contribution in [2.75, 3.05) is 0 Å². The van der Waals surface area contributed by atoms with E-state index >= 15 is 0 Å². The third-order valence-corrected chi connectivity index (χ3v) is 14.3. The topological polar surface area (TPSA) is 53.5 Å². The van der Waals surface area contributed by atoms with E-state index in [-0.39, 0.29) is 0 Å². The lowest BCUT2D eigenvalue weighted by Gasteiger charge is -2.14. The molecule has 6 heteroatoms. The molecule has 0 atom stereocenters. The smallest absolute Gasteiger partial charge is 0.238 e. The minimum absolute atomic E-state index is 0.555. The van der Waals surface area contributed by atoms with Crippen LogP contribution in [0.1, 0.15) is 0 Å². The highest BCUT2D eigenvalue weighted by Gasteiger charge is 2.25. The lowest BCUT2D eigenvalue weighted by Crippen LogP contribution is -2.06. The standard InChI is InChI=1S/C63H38N6/c1-3-18-39(19-4-1)61-64-62(51-29-17-33-56-58(51)49-27-12-15-31-54(49)67(56)40-20-5-2-6-21-40)66-63(65-61)69-55-32-16-13-28-50(55)59-57(69)37-36-48-47-26-11-14-30-53(47)68(60(48)59)41-34-35-46-44-24-8-7-22-42(44)43-23-9-10-25-45(43)52(46)38-41/h1-38H. The number of nitrogens with zero attached hydrogens (tertiary/aromatic N) is 6. The maximum absolute atomic E-state index is 5.53. The molecule has 0 aliphatic heterocycles.